The number of hydrogen-bond donors (Lipinski definition) is 1. The number of aryl methyl sites for hydroxylation is 1. The Bertz CT molecular complexity index is 997. The Balaban J connectivity index is 1.76. The average Bonchev–Trinajstić information content (AvgIpc) is 2.70. The van der Waals surface area contributed by atoms with Gasteiger partial charge in [-0.05, 0) is 55.9 Å². The molecule has 1 aliphatic heterocycles. The van der Waals surface area contributed by atoms with Crippen LogP contribution in [0.15, 0.2) is 47.4 Å². The first-order valence-electron chi connectivity index (χ1n) is 9.56. The summed E-state index contributed by atoms with van der Waals surface area (Å²) in [5.74, 6) is -0.337. The fourth-order valence-electron chi connectivity index (χ4n) is 3.25. The highest BCUT2D eigenvalue weighted by molar-refractivity contribution is 7.89. The molecular weight excluding hydrogens is 388 g/mol. The Labute approximate surface area is 173 Å². The number of likely N-dealkylation sites (N-methyl/N-ethyl adjacent to an activating group) is 1. The smallest absolute Gasteiger partial charge is 0.255 e. The van der Waals surface area contributed by atoms with E-state index in [9.17, 15) is 13.2 Å². The second kappa shape index (κ2) is 8.52. The van der Waals surface area contributed by atoms with Gasteiger partial charge < -0.3 is 15.1 Å². The number of hydrogen-bond acceptors (Lipinski definition) is 5. The highest BCUT2D eigenvalue weighted by Gasteiger charge is 2.19. The Hall–Kier alpha value is -2.42. The van der Waals surface area contributed by atoms with Crippen LogP contribution in [0.5, 0.6) is 0 Å². The van der Waals surface area contributed by atoms with Gasteiger partial charge in [-0.1, -0.05) is 6.07 Å². The van der Waals surface area contributed by atoms with E-state index >= 15 is 0 Å². The second-order valence-corrected chi connectivity index (χ2v) is 9.71. The first-order chi connectivity index (χ1) is 13.7. The van der Waals surface area contributed by atoms with E-state index in [1.165, 1.54) is 26.2 Å². The Kier molecular flexibility index (Phi) is 6.26. The van der Waals surface area contributed by atoms with E-state index in [1.54, 1.807) is 12.1 Å². The van der Waals surface area contributed by atoms with Gasteiger partial charge in [-0.3, -0.25) is 4.79 Å². The maximum atomic E-state index is 12.7. The summed E-state index contributed by atoms with van der Waals surface area (Å²) in [6.45, 7) is 5.99. The minimum absolute atomic E-state index is 0.0947. The van der Waals surface area contributed by atoms with E-state index < -0.39 is 10.0 Å². The van der Waals surface area contributed by atoms with Crippen LogP contribution in [-0.4, -0.2) is 70.9 Å². The molecule has 3 rings (SSSR count). The van der Waals surface area contributed by atoms with Gasteiger partial charge in [0.05, 0.1) is 4.90 Å². The minimum atomic E-state index is -3.59. The zero-order valence-electron chi connectivity index (χ0n) is 17.3. The van der Waals surface area contributed by atoms with Crippen LogP contribution in [0.4, 0.5) is 11.4 Å². The molecule has 0 aliphatic carbocycles. The molecule has 0 unspecified atom stereocenters. The third kappa shape index (κ3) is 4.77. The van der Waals surface area contributed by atoms with Gasteiger partial charge in [0.1, 0.15) is 0 Å². The van der Waals surface area contributed by atoms with E-state index in [-0.39, 0.29) is 10.8 Å². The summed E-state index contributed by atoms with van der Waals surface area (Å²) in [5, 5.41) is 2.90. The van der Waals surface area contributed by atoms with Crippen molar-refractivity contribution in [3.8, 4) is 0 Å². The molecule has 2 aromatic carbocycles. The van der Waals surface area contributed by atoms with Gasteiger partial charge in [-0.15, -0.1) is 0 Å². The molecule has 1 fully saturated rings. The molecule has 1 heterocycles. The molecule has 0 radical (unpaired) electrons. The van der Waals surface area contributed by atoms with Gasteiger partial charge in [-0.2, -0.15) is 0 Å². The van der Waals surface area contributed by atoms with Crippen LogP contribution in [0.3, 0.4) is 0 Å². The van der Waals surface area contributed by atoms with E-state index in [0.29, 0.717) is 11.3 Å². The number of benzene rings is 2. The molecular formula is C21H28N4O3S. The molecule has 8 heteroatoms. The fraction of sp³-hybridized carbons (Fsp3) is 0.381. The number of nitrogens with zero attached hydrogens (tertiary/aromatic N) is 3. The van der Waals surface area contributed by atoms with Crippen molar-refractivity contribution in [2.75, 3.05) is 57.5 Å². The van der Waals surface area contributed by atoms with E-state index in [1.807, 2.05) is 19.1 Å². The number of sulfonamides is 1. The first kappa shape index (κ1) is 21.3. The predicted octanol–water partition coefficient (Wildman–Crippen LogP) is 2.25. The lowest BCUT2D eigenvalue weighted by Crippen LogP contribution is -2.44. The lowest BCUT2D eigenvalue weighted by molar-refractivity contribution is 0.102. The lowest BCUT2D eigenvalue weighted by atomic mass is 10.1. The molecule has 1 N–H and O–H groups in total. The molecule has 29 heavy (non-hydrogen) atoms. The van der Waals surface area contributed by atoms with Crippen LogP contribution in [0, 0.1) is 6.92 Å². The molecule has 0 spiro atoms. The number of carbonyl (C=O) groups excluding carboxylic acids is 1. The van der Waals surface area contributed by atoms with Crippen LogP contribution in [0.25, 0.3) is 0 Å². The lowest BCUT2D eigenvalue weighted by Gasteiger charge is -2.34. The molecule has 0 aromatic heterocycles. The summed E-state index contributed by atoms with van der Waals surface area (Å²) >= 11 is 0. The van der Waals surface area contributed by atoms with Crippen molar-refractivity contribution < 1.29 is 13.2 Å². The molecule has 1 amide bonds. The monoisotopic (exact) mass is 416 g/mol. The Morgan fingerprint density at radius 1 is 1.03 bits per heavy atom. The second-order valence-electron chi connectivity index (χ2n) is 7.56. The van der Waals surface area contributed by atoms with Gasteiger partial charge in [0.15, 0.2) is 0 Å². The van der Waals surface area contributed by atoms with Crippen LogP contribution in [0.1, 0.15) is 15.9 Å². The topological polar surface area (TPSA) is 73.0 Å². The first-order valence-corrected chi connectivity index (χ1v) is 11.0. The Morgan fingerprint density at radius 3 is 2.34 bits per heavy atom. The average molecular weight is 417 g/mol. The number of nitrogens with one attached hydrogen (secondary N) is 1. The van der Waals surface area contributed by atoms with Crippen molar-refractivity contribution in [2.45, 2.75) is 11.8 Å². The van der Waals surface area contributed by atoms with E-state index in [2.05, 4.69) is 28.2 Å². The summed E-state index contributed by atoms with van der Waals surface area (Å²) in [4.78, 5) is 17.4. The van der Waals surface area contributed by atoms with Crippen LogP contribution in [0.2, 0.25) is 0 Å². The zero-order valence-corrected chi connectivity index (χ0v) is 18.2. The highest BCUT2D eigenvalue weighted by atomic mass is 32.2. The summed E-state index contributed by atoms with van der Waals surface area (Å²) < 4.78 is 25.8. The molecule has 0 saturated carbocycles. The standard InChI is InChI=1S/C21H28N4O3S/c1-16-14-18(25-12-10-24(4)11-13-25)8-9-20(16)22-21(26)17-6-5-7-19(15-17)29(27,28)23(2)3/h5-9,14-15H,10-13H2,1-4H3,(H,22,26). The van der Waals surface area contributed by atoms with Crippen molar-refractivity contribution in [1.82, 2.24) is 9.21 Å². The molecule has 1 saturated heterocycles. The van der Waals surface area contributed by atoms with Gasteiger partial charge in [-0.25, -0.2) is 12.7 Å². The van der Waals surface area contributed by atoms with Crippen molar-refractivity contribution >= 4 is 27.3 Å². The summed E-state index contributed by atoms with van der Waals surface area (Å²) in [7, 11) is 1.46. The SMILES string of the molecule is Cc1cc(N2CCN(C)CC2)ccc1NC(=O)c1cccc(S(=O)(=O)N(C)C)c1. The predicted molar refractivity (Wildman–Crippen MR) is 116 cm³/mol. The van der Waals surface area contributed by atoms with E-state index in [0.717, 1.165) is 41.7 Å². The Morgan fingerprint density at radius 2 is 1.72 bits per heavy atom. The van der Waals surface area contributed by atoms with Crippen molar-refractivity contribution in [3.05, 3.63) is 53.6 Å². The number of rotatable bonds is 5. The minimum Gasteiger partial charge on any atom is -0.369 e. The van der Waals surface area contributed by atoms with Crippen LogP contribution >= 0.6 is 0 Å². The number of amides is 1. The summed E-state index contributed by atoms with van der Waals surface area (Å²) in [6, 6.07) is 12.1. The molecule has 7 nitrogen and oxygen atoms in total. The normalized spacial score (nSPS) is 15.6. The van der Waals surface area contributed by atoms with Gasteiger partial charge in [0.2, 0.25) is 10.0 Å². The van der Waals surface area contributed by atoms with Crippen molar-refractivity contribution in [1.29, 1.82) is 0 Å². The third-order valence-electron chi connectivity index (χ3n) is 5.20. The third-order valence-corrected chi connectivity index (χ3v) is 7.01. The van der Waals surface area contributed by atoms with Gasteiger partial charge in [0.25, 0.3) is 5.91 Å². The highest BCUT2D eigenvalue weighted by Crippen LogP contribution is 2.24. The van der Waals surface area contributed by atoms with Crippen LogP contribution < -0.4 is 10.2 Å². The molecule has 0 atom stereocenters. The maximum Gasteiger partial charge on any atom is 0.255 e. The maximum absolute atomic E-state index is 12.7. The van der Waals surface area contributed by atoms with Crippen molar-refractivity contribution in [3.63, 3.8) is 0 Å². The summed E-state index contributed by atoms with van der Waals surface area (Å²) in [6.07, 6.45) is 0. The van der Waals surface area contributed by atoms with Gasteiger partial charge in [0, 0.05) is 57.2 Å². The van der Waals surface area contributed by atoms with Gasteiger partial charge >= 0.3 is 0 Å². The van der Waals surface area contributed by atoms with E-state index in [4.69, 9.17) is 0 Å². The van der Waals surface area contributed by atoms with Crippen LogP contribution in [-0.2, 0) is 10.0 Å². The van der Waals surface area contributed by atoms with Crippen molar-refractivity contribution in [2.24, 2.45) is 0 Å². The molecule has 2 aromatic rings. The number of carbonyl (C=O) groups is 1. The zero-order chi connectivity index (χ0) is 21.2. The summed E-state index contributed by atoms with van der Waals surface area (Å²) in [5.41, 5.74) is 3.13. The number of piperazine rings is 1. The fourth-order valence-corrected chi connectivity index (χ4v) is 4.20. The molecule has 1 aliphatic rings. The largest absolute Gasteiger partial charge is 0.369 e. The molecule has 0 bridgehead atoms. The number of anilines is 2. The quantitative estimate of drug-likeness (QED) is 0.809. The molecule has 156 valence electrons.